The van der Waals surface area contributed by atoms with E-state index in [1.54, 1.807) is 17.0 Å². The molecule has 1 rings (SSSR count). The van der Waals surface area contributed by atoms with E-state index in [0.717, 1.165) is 0 Å². The highest BCUT2D eigenvalue weighted by Gasteiger charge is 2.16. The van der Waals surface area contributed by atoms with Crippen molar-refractivity contribution in [2.45, 2.75) is 26.8 Å². The molecule has 1 aromatic rings. The molecule has 1 N–H and O–H groups in total. The topological polar surface area (TPSA) is 75.5 Å². The first kappa shape index (κ1) is 17.4. The van der Waals surface area contributed by atoms with Gasteiger partial charge >= 0.3 is 0 Å². The molecule has 0 radical (unpaired) electrons. The van der Waals surface area contributed by atoms with Crippen molar-refractivity contribution >= 4 is 23.2 Å². The summed E-state index contributed by atoms with van der Waals surface area (Å²) in [7, 11) is 0. The fourth-order valence-electron chi connectivity index (χ4n) is 2.04. The molecule has 6 nitrogen and oxygen atoms in total. The first-order valence-electron chi connectivity index (χ1n) is 6.91. The number of carbonyl (C=O) groups excluding carboxylic acids is 1. The molecule has 0 aliphatic rings. The van der Waals surface area contributed by atoms with Crippen molar-refractivity contribution in [1.82, 2.24) is 10.2 Å². The zero-order valence-electron chi connectivity index (χ0n) is 12.3. The van der Waals surface area contributed by atoms with Crippen molar-refractivity contribution < 1.29 is 9.72 Å². The minimum atomic E-state index is -0.454. The van der Waals surface area contributed by atoms with Crippen LogP contribution < -0.4 is 5.32 Å². The molecule has 1 aromatic carbocycles. The van der Waals surface area contributed by atoms with Gasteiger partial charge in [0.05, 0.1) is 15.5 Å². The van der Waals surface area contributed by atoms with Gasteiger partial charge in [0.1, 0.15) is 0 Å². The highest BCUT2D eigenvalue weighted by atomic mass is 35.5. The first-order valence-corrected chi connectivity index (χ1v) is 7.29. The highest BCUT2D eigenvalue weighted by molar-refractivity contribution is 6.31. The minimum absolute atomic E-state index is 0.00919. The van der Waals surface area contributed by atoms with Gasteiger partial charge in [-0.2, -0.15) is 0 Å². The van der Waals surface area contributed by atoms with Crippen LogP contribution in [0.4, 0.5) is 5.69 Å². The van der Waals surface area contributed by atoms with Crippen molar-refractivity contribution in [1.29, 1.82) is 0 Å². The largest absolute Gasteiger partial charge is 0.343 e. The summed E-state index contributed by atoms with van der Waals surface area (Å²) in [5.74, 6) is 0.0705. The zero-order chi connectivity index (χ0) is 15.8. The van der Waals surface area contributed by atoms with Gasteiger partial charge in [-0.3, -0.25) is 14.9 Å². The van der Waals surface area contributed by atoms with E-state index in [4.69, 9.17) is 11.6 Å². The SMILES string of the molecule is CCN(CC)C(=O)CCNCc1c(Cl)cccc1[N+](=O)[O-]. The van der Waals surface area contributed by atoms with E-state index in [0.29, 0.717) is 36.6 Å². The lowest BCUT2D eigenvalue weighted by molar-refractivity contribution is -0.385. The van der Waals surface area contributed by atoms with E-state index < -0.39 is 4.92 Å². The number of benzene rings is 1. The smallest absolute Gasteiger partial charge is 0.275 e. The van der Waals surface area contributed by atoms with E-state index in [-0.39, 0.29) is 18.1 Å². The second kappa shape index (κ2) is 8.59. The molecule has 0 aromatic heterocycles. The first-order chi connectivity index (χ1) is 10.0. The van der Waals surface area contributed by atoms with Crippen molar-refractivity contribution in [2.75, 3.05) is 19.6 Å². The Balaban J connectivity index is 2.54. The Labute approximate surface area is 129 Å². The molecule has 0 spiro atoms. The van der Waals surface area contributed by atoms with Gasteiger partial charge in [-0.25, -0.2) is 0 Å². The lowest BCUT2D eigenvalue weighted by Crippen LogP contribution is -2.32. The van der Waals surface area contributed by atoms with E-state index in [2.05, 4.69) is 5.32 Å². The number of nitrogens with zero attached hydrogens (tertiary/aromatic N) is 2. The van der Waals surface area contributed by atoms with Crippen LogP contribution >= 0.6 is 11.6 Å². The second-order valence-corrected chi connectivity index (χ2v) is 4.89. The molecule has 0 heterocycles. The van der Waals surface area contributed by atoms with E-state index >= 15 is 0 Å². The van der Waals surface area contributed by atoms with Crippen molar-refractivity contribution in [2.24, 2.45) is 0 Å². The van der Waals surface area contributed by atoms with Crippen LogP contribution in [0, 0.1) is 10.1 Å². The van der Waals surface area contributed by atoms with Crippen LogP contribution in [-0.2, 0) is 11.3 Å². The van der Waals surface area contributed by atoms with Crippen molar-refractivity contribution in [3.8, 4) is 0 Å². The fraction of sp³-hybridized carbons (Fsp3) is 0.500. The maximum Gasteiger partial charge on any atom is 0.275 e. The third-order valence-electron chi connectivity index (χ3n) is 3.22. The molecule has 116 valence electrons. The summed E-state index contributed by atoms with van der Waals surface area (Å²) in [6.07, 6.45) is 0.361. The van der Waals surface area contributed by atoms with Crippen LogP contribution in [0.25, 0.3) is 0 Å². The Bertz CT molecular complexity index is 504. The van der Waals surface area contributed by atoms with Gasteiger partial charge in [-0.05, 0) is 19.9 Å². The Morgan fingerprint density at radius 3 is 2.62 bits per heavy atom. The number of hydrogen-bond donors (Lipinski definition) is 1. The quantitative estimate of drug-likeness (QED) is 0.455. The predicted molar refractivity (Wildman–Crippen MR) is 82.4 cm³/mol. The molecule has 7 heteroatoms. The molecule has 0 saturated carbocycles. The van der Waals surface area contributed by atoms with E-state index in [1.165, 1.54) is 6.07 Å². The molecule has 0 aliphatic heterocycles. The van der Waals surface area contributed by atoms with Gasteiger partial charge in [0, 0.05) is 38.7 Å². The van der Waals surface area contributed by atoms with Crippen LogP contribution in [0.1, 0.15) is 25.8 Å². The number of nitro groups is 1. The van der Waals surface area contributed by atoms with Crippen LogP contribution in [-0.4, -0.2) is 35.4 Å². The Morgan fingerprint density at radius 1 is 1.38 bits per heavy atom. The number of nitro benzene ring substituents is 1. The van der Waals surface area contributed by atoms with Crippen molar-refractivity contribution in [3.05, 3.63) is 38.9 Å². The molecular formula is C14H20ClN3O3. The summed E-state index contributed by atoms with van der Waals surface area (Å²) in [6, 6.07) is 4.59. The summed E-state index contributed by atoms with van der Waals surface area (Å²) >= 11 is 5.99. The summed E-state index contributed by atoms with van der Waals surface area (Å²) in [4.78, 5) is 24.0. The maximum absolute atomic E-state index is 11.8. The van der Waals surface area contributed by atoms with Gasteiger partial charge in [0.15, 0.2) is 0 Å². The summed E-state index contributed by atoms with van der Waals surface area (Å²) < 4.78 is 0. The average molecular weight is 314 g/mol. The van der Waals surface area contributed by atoms with Crippen LogP contribution in [0.2, 0.25) is 5.02 Å². The number of nitrogens with one attached hydrogen (secondary N) is 1. The average Bonchev–Trinajstić information content (AvgIpc) is 2.45. The van der Waals surface area contributed by atoms with Gasteiger partial charge in [-0.1, -0.05) is 17.7 Å². The molecule has 0 fully saturated rings. The number of carbonyl (C=O) groups is 1. The maximum atomic E-state index is 11.8. The normalized spacial score (nSPS) is 10.4. The van der Waals surface area contributed by atoms with Crippen molar-refractivity contribution in [3.63, 3.8) is 0 Å². The molecule has 0 unspecified atom stereocenters. The molecule has 1 amide bonds. The summed E-state index contributed by atoms with van der Waals surface area (Å²) in [6.45, 7) is 5.96. The third kappa shape index (κ3) is 4.99. The lowest BCUT2D eigenvalue weighted by atomic mass is 10.1. The minimum Gasteiger partial charge on any atom is -0.343 e. The standard InChI is InChI=1S/C14H20ClN3O3/c1-3-17(4-2)14(19)8-9-16-10-11-12(15)6-5-7-13(11)18(20)21/h5-7,16H,3-4,8-10H2,1-2H3. The van der Waals surface area contributed by atoms with E-state index in [9.17, 15) is 14.9 Å². The zero-order valence-corrected chi connectivity index (χ0v) is 13.0. The predicted octanol–water partition coefficient (Wildman–Crippen LogP) is 2.60. The van der Waals surface area contributed by atoms with Gasteiger partial charge in [0.2, 0.25) is 5.91 Å². The summed E-state index contributed by atoms with van der Waals surface area (Å²) in [5.41, 5.74) is 0.435. The Morgan fingerprint density at radius 2 is 2.05 bits per heavy atom. The fourth-order valence-corrected chi connectivity index (χ4v) is 2.27. The Hall–Kier alpha value is -1.66. The second-order valence-electron chi connectivity index (χ2n) is 4.49. The summed E-state index contributed by atoms with van der Waals surface area (Å²) in [5, 5.41) is 14.3. The Kier molecular flexibility index (Phi) is 7.11. The number of hydrogen-bond acceptors (Lipinski definition) is 4. The van der Waals surface area contributed by atoms with Gasteiger partial charge in [0.25, 0.3) is 5.69 Å². The molecule has 0 atom stereocenters. The highest BCUT2D eigenvalue weighted by Crippen LogP contribution is 2.25. The molecule has 21 heavy (non-hydrogen) atoms. The van der Waals surface area contributed by atoms with E-state index in [1.807, 2.05) is 13.8 Å². The lowest BCUT2D eigenvalue weighted by Gasteiger charge is -2.18. The molecular weight excluding hydrogens is 294 g/mol. The van der Waals surface area contributed by atoms with Crippen LogP contribution in [0.3, 0.4) is 0 Å². The number of halogens is 1. The third-order valence-corrected chi connectivity index (χ3v) is 3.58. The monoisotopic (exact) mass is 313 g/mol. The number of rotatable bonds is 8. The number of amides is 1. The van der Waals surface area contributed by atoms with Crippen LogP contribution in [0.15, 0.2) is 18.2 Å². The molecule has 0 saturated heterocycles. The van der Waals surface area contributed by atoms with Gasteiger partial charge in [-0.15, -0.1) is 0 Å². The van der Waals surface area contributed by atoms with Crippen LogP contribution in [0.5, 0.6) is 0 Å². The van der Waals surface area contributed by atoms with Gasteiger partial charge < -0.3 is 10.2 Å². The molecule has 0 bridgehead atoms. The molecule has 0 aliphatic carbocycles.